The summed E-state index contributed by atoms with van der Waals surface area (Å²) < 4.78 is 10.6. The summed E-state index contributed by atoms with van der Waals surface area (Å²) in [5, 5.41) is 0. The normalized spacial score (nSPS) is 11.2. The van der Waals surface area contributed by atoms with Gasteiger partial charge in [0, 0.05) is 0 Å². The molecular formula is C15H22O3. The van der Waals surface area contributed by atoms with Crippen molar-refractivity contribution >= 4 is 5.78 Å². The summed E-state index contributed by atoms with van der Waals surface area (Å²) in [5.41, 5.74) is 1.67. The topological polar surface area (TPSA) is 35.5 Å². The van der Waals surface area contributed by atoms with Crippen LogP contribution in [-0.2, 0) is 5.41 Å². The molecule has 0 heterocycles. The molecular weight excluding hydrogens is 228 g/mol. The number of rotatable bonds is 5. The first kappa shape index (κ1) is 14.6. The Labute approximate surface area is 109 Å². The Balaban J connectivity index is 3.51. The number of carbonyl (C=O) groups is 1. The van der Waals surface area contributed by atoms with Gasteiger partial charge in [0.15, 0.2) is 17.3 Å². The zero-order valence-electron chi connectivity index (χ0n) is 12.1. The molecule has 0 amide bonds. The molecule has 0 saturated carbocycles. The lowest BCUT2D eigenvalue weighted by molar-refractivity contribution is 0.101. The minimum absolute atomic E-state index is 0.00372. The third-order valence-electron chi connectivity index (χ3n) is 3.52. The van der Waals surface area contributed by atoms with Crippen molar-refractivity contribution in [2.45, 2.75) is 39.5 Å². The molecule has 0 atom stereocenters. The molecule has 0 spiro atoms. The van der Waals surface area contributed by atoms with Crippen molar-refractivity contribution in [3.05, 3.63) is 23.3 Å². The first-order valence-electron chi connectivity index (χ1n) is 6.14. The Bertz CT molecular complexity index is 447. The number of ketones is 1. The Morgan fingerprint density at radius 1 is 1.22 bits per heavy atom. The Morgan fingerprint density at radius 3 is 2.22 bits per heavy atom. The SMILES string of the molecule is CCC(C)(C)c1cc(OC)c(OC)c(C(C)=O)c1. The maximum atomic E-state index is 11.7. The van der Waals surface area contributed by atoms with Gasteiger partial charge in [-0.15, -0.1) is 0 Å². The smallest absolute Gasteiger partial charge is 0.171 e. The molecule has 0 aromatic heterocycles. The van der Waals surface area contributed by atoms with Gasteiger partial charge in [-0.25, -0.2) is 0 Å². The largest absolute Gasteiger partial charge is 0.493 e. The molecule has 0 aliphatic rings. The maximum absolute atomic E-state index is 11.7. The van der Waals surface area contributed by atoms with Gasteiger partial charge < -0.3 is 9.47 Å². The van der Waals surface area contributed by atoms with Crippen molar-refractivity contribution in [2.24, 2.45) is 0 Å². The molecule has 0 aliphatic carbocycles. The van der Waals surface area contributed by atoms with Crippen LogP contribution in [-0.4, -0.2) is 20.0 Å². The van der Waals surface area contributed by atoms with Crippen LogP contribution in [0, 0.1) is 0 Å². The van der Waals surface area contributed by atoms with Gasteiger partial charge in [-0.1, -0.05) is 20.8 Å². The van der Waals surface area contributed by atoms with Crippen molar-refractivity contribution in [1.82, 2.24) is 0 Å². The van der Waals surface area contributed by atoms with Gasteiger partial charge in [0.05, 0.1) is 19.8 Å². The molecule has 0 radical (unpaired) electrons. The van der Waals surface area contributed by atoms with E-state index in [2.05, 4.69) is 20.8 Å². The summed E-state index contributed by atoms with van der Waals surface area (Å²) in [5.74, 6) is 1.11. The average Bonchev–Trinajstić information content (AvgIpc) is 2.36. The van der Waals surface area contributed by atoms with Crippen LogP contribution in [0.4, 0.5) is 0 Å². The predicted octanol–water partition coefficient (Wildman–Crippen LogP) is 3.59. The molecule has 0 aliphatic heterocycles. The molecule has 3 nitrogen and oxygen atoms in total. The average molecular weight is 250 g/mol. The zero-order valence-corrected chi connectivity index (χ0v) is 12.1. The molecule has 0 bridgehead atoms. The second-order valence-electron chi connectivity index (χ2n) is 5.05. The Hall–Kier alpha value is -1.51. The van der Waals surface area contributed by atoms with E-state index >= 15 is 0 Å². The molecule has 18 heavy (non-hydrogen) atoms. The molecule has 0 saturated heterocycles. The molecule has 0 unspecified atom stereocenters. The van der Waals surface area contributed by atoms with Gasteiger partial charge in [-0.3, -0.25) is 4.79 Å². The lowest BCUT2D eigenvalue weighted by Gasteiger charge is -2.25. The number of Topliss-reactive ketones (excluding diaryl/α,β-unsaturated/α-hetero) is 1. The van der Waals surface area contributed by atoms with E-state index in [0.29, 0.717) is 17.1 Å². The first-order chi connectivity index (χ1) is 8.37. The van der Waals surface area contributed by atoms with Crippen LogP contribution >= 0.6 is 0 Å². The second-order valence-corrected chi connectivity index (χ2v) is 5.05. The minimum Gasteiger partial charge on any atom is -0.493 e. The number of carbonyl (C=O) groups excluding carboxylic acids is 1. The Kier molecular flexibility index (Phi) is 4.38. The monoisotopic (exact) mass is 250 g/mol. The standard InChI is InChI=1S/C15H22O3/c1-7-15(3,4)11-8-12(10(2)16)14(18-6)13(9-11)17-5/h8-9H,7H2,1-6H3. The first-order valence-corrected chi connectivity index (χ1v) is 6.14. The van der Waals surface area contributed by atoms with Crippen LogP contribution in [0.3, 0.4) is 0 Å². The van der Waals surface area contributed by atoms with Crippen molar-refractivity contribution in [3.8, 4) is 11.5 Å². The highest BCUT2D eigenvalue weighted by Gasteiger charge is 2.23. The fourth-order valence-corrected chi connectivity index (χ4v) is 1.82. The number of hydrogen-bond donors (Lipinski definition) is 0. The van der Waals surface area contributed by atoms with E-state index in [9.17, 15) is 4.79 Å². The fraction of sp³-hybridized carbons (Fsp3) is 0.533. The summed E-state index contributed by atoms with van der Waals surface area (Å²) in [7, 11) is 3.14. The highest BCUT2D eigenvalue weighted by Crippen LogP contribution is 2.38. The number of methoxy groups -OCH3 is 2. The third-order valence-corrected chi connectivity index (χ3v) is 3.52. The van der Waals surface area contributed by atoms with Crippen molar-refractivity contribution in [3.63, 3.8) is 0 Å². The number of hydrogen-bond acceptors (Lipinski definition) is 3. The highest BCUT2D eigenvalue weighted by atomic mass is 16.5. The number of benzene rings is 1. The van der Waals surface area contributed by atoms with E-state index in [1.54, 1.807) is 21.1 Å². The minimum atomic E-state index is -0.0149. The van der Waals surface area contributed by atoms with Crippen molar-refractivity contribution in [1.29, 1.82) is 0 Å². The van der Waals surface area contributed by atoms with Crippen LogP contribution in [0.5, 0.6) is 11.5 Å². The Morgan fingerprint density at radius 2 is 1.83 bits per heavy atom. The molecule has 1 aromatic carbocycles. The van der Waals surface area contributed by atoms with Crippen LogP contribution in [0.25, 0.3) is 0 Å². The summed E-state index contributed by atoms with van der Waals surface area (Å²) in [4.78, 5) is 11.7. The highest BCUT2D eigenvalue weighted by molar-refractivity contribution is 5.98. The molecule has 0 fully saturated rings. The van der Waals surface area contributed by atoms with Gasteiger partial charge in [0.25, 0.3) is 0 Å². The lowest BCUT2D eigenvalue weighted by atomic mass is 9.81. The summed E-state index contributed by atoms with van der Waals surface area (Å²) in [6.07, 6.45) is 0.986. The van der Waals surface area contributed by atoms with Crippen molar-refractivity contribution < 1.29 is 14.3 Å². The van der Waals surface area contributed by atoms with Gasteiger partial charge in [-0.05, 0) is 36.5 Å². The van der Waals surface area contributed by atoms with Crippen LogP contribution in [0.1, 0.15) is 50.0 Å². The maximum Gasteiger partial charge on any atom is 0.171 e. The molecule has 100 valence electrons. The third kappa shape index (κ3) is 2.66. The fourth-order valence-electron chi connectivity index (χ4n) is 1.82. The van der Waals surface area contributed by atoms with Gasteiger partial charge >= 0.3 is 0 Å². The summed E-state index contributed by atoms with van der Waals surface area (Å²) in [6, 6.07) is 3.86. The van der Waals surface area contributed by atoms with Crippen LogP contribution in [0.15, 0.2) is 12.1 Å². The van der Waals surface area contributed by atoms with Gasteiger partial charge in [0.2, 0.25) is 0 Å². The summed E-state index contributed by atoms with van der Waals surface area (Å²) >= 11 is 0. The van der Waals surface area contributed by atoms with E-state index in [1.165, 1.54) is 0 Å². The van der Waals surface area contributed by atoms with E-state index in [4.69, 9.17) is 9.47 Å². The quantitative estimate of drug-likeness (QED) is 0.749. The van der Waals surface area contributed by atoms with E-state index < -0.39 is 0 Å². The summed E-state index contributed by atoms with van der Waals surface area (Å²) in [6.45, 7) is 7.97. The van der Waals surface area contributed by atoms with E-state index in [1.807, 2.05) is 12.1 Å². The van der Waals surface area contributed by atoms with E-state index in [-0.39, 0.29) is 11.2 Å². The number of ether oxygens (including phenoxy) is 2. The van der Waals surface area contributed by atoms with Gasteiger partial charge in [-0.2, -0.15) is 0 Å². The molecule has 1 rings (SSSR count). The zero-order chi connectivity index (χ0) is 13.9. The van der Waals surface area contributed by atoms with Crippen LogP contribution < -0.4 is 9.47 Å². The predicted molar refractivity (Wildman–Crippen MR) is 72.9 cm³/mol. The van der Waals surface area contributed by atoms with E-state index in [0.717, 1.165) is 12.0 Å². The molecule has 1 aromatic rings. The van der Waals surface area contributed by atoms with Crippen LogP contribution in [0.2, 0.25) is 0 Å². The molecule has 3 heteroatoms. The second kappa shape index (κ2) is 5.42. The lowest BCUT2D eigenvalue weighted by Crippen LogP contribution is -2.17. The van der Waals surface area contributed by atoms with Crippen molar-refractivity contribution in [2.75, 3.05) is 14.2 Å². The van der Waals surface area contributed by atoms with Gasteiger partial charge in [0.1, 0.15) is 0 Å². The molecule has 0 N–H and O–H groups in total.